The number of carbonyl (C=O) groups is 1. The van der Waals surface area contributed by atoms with Crippen LogP contribution in [-0.4, -0.2) is 33.1 Å². The zero-order valence-corrected chi connectivity index (χ0v) is 14.7. The number of nitrogens with zero attached hydrogens (tertiary/aromatic N) is 1. The summed E-state index contributed by atoms with van der Waals surface area (Å²) in [6, 6.07) is 9.70. The monoisotopic (exact) mass is 364 g/mol. The average Bonchev–Trinajstić information content (AvgIpc) is 2.64. The molecule has 0 radical (unpaired) electrons. The van der Waals surface area contributed by atoms with Gasteiger partial charge in [0, 0.05) is 5.56 Å². The molecule has 0 saturated carbocycles. The lowest BCUT2D eigenvalue weighted by Crippen LogP contribution is -2.15. The molecular weight excluding hydrogens is 348 g/mol. The number of hydrogen-bond donors (Lipinski definition) is 1. The molecule has 2 aromatic carbocycles. The molecule has 0 amide bonds. The first-order chi connectivity index (χ1) is 12.0. The van der Waals surface area contributed by atoms with Crippen molar-refractivity contribution >= 4 is 23.4 Å². The van der Waals surface area contributed by atoms with Crippen molar-refractivity contribution in [2.24, 2.45) is 10.9 Å². The molecule has 0 aliphatic carbocycles. The van der Waals surface area contributed by atoms with Crippen molar-refractivity contribution in [1.82, 2.24) is 0 Å². The lowest BCUT2D eigenvalue weighted by Gasteiger charge is -2.13. The normalized spacial score (nSPS) is 11.0. The summed E-state index contributed by atoms with van der Waals surface area (Å²) in [7, 11) is 4.35. The van der Waals surface area contributed by atoms with Gasteiger partial charge in [0.15, 0.2) is 17.3 Å². The quantitative estimate of drug-likeness (QED) is 0.367. The van der Waals surface area contributed by atoms with E-state index in [-0.39, 0.29) is 11.4 Å². The van der Waals surface area contributed by atoms with E-state index in [2.05, 4.69) is 5.16 Å². The lowest BCUT2D eigenvalue weighted by atomic mass is 10.2. The fraction of sp³-hybridized carbons (Fsp3) is 0.176. The maximum Gasteiger partial charge on any atom is 0.366 e. The van der Waals surface area contributed by atoms with Gasteiger partial charge < -0.3 is 24.8 Å². The molecule has 0 aromatic heterocycles. The number of methoxy groups -OCH3 is 3. The Hall–Kier alpha value is -2.93. The zero-order valence-electron chi connectivity index (χ0n) is 13.9. The van der Waals surface area contributed by atoms with Crippen LogP contribution in [0.1, 0.15) is 15.9 Å². The van der Waals surface area contributed by atoms with Crippen LogP contribution in [0.3, 0.4) is 0 Å². The van der Waals surface area contributed by atoms with E-state index in [0.717, 1.165) is 0 Å². The number of oxime groups is 1. The highest BCUT2D eigenvalue weighted by Crippen LogP contribution is 2.38. The van der Waals surface area contributed by atoms with Gasteiger partial charge in [-0.25, -0.2) is 4.79 Å². The Morgan fingerprint density at radius 1 is 1.04 bits per heavy atom. The third kappa shape index (κ3) is 4.13. The molecule has 2 rings (SSSR count). The molecule has 0 heterocycles. The van der Waals surface area contributed by atoms with E-state index < -0.39 is 5.97 Å². The predicted octanol–water partition coefficient (Wildman–Crippen LogP) is 2.84. The second-order valence-corrected chi connectivity index (χ2v) is 5.16. The number of ether oxygens (including phenoxy) is 3. The lowest BCUT2D eigenvalue weighted by molar-refractivity contribution is 0.0515. The topological polar surface area (TPSA) is 92.4 Å². The second-order valence-electron chi connectivity index (χ2n) is 4.75. The second kappa shape index (κ2) is 8.25. The third-order valence-corrected chi connectivity index (χ3v) is 3.61. The molecule has 0 unspecified atom stereocenters. The summed E-state index contributed by atoms with van der Waals surface area (Å²) >= 11 is 6.02. The first-order valence-corrected chi connectivity index (χ1v) is 7.49. The van der Waals surface area contributed by atoms with Crippen LogP contribution in [0.4, 0.5) is 0 Å². The average molecular weight is 365 g/mol. The summed E-state index contributed by atoms with van der Waals surface area (Å²) in [4.78, 5) is 17.1. The summed E-state index contributed by atoms with van der Waals surface area (Å²) < 4.78 is 15.6. The van der Waals surface area contributed by atoms with Gasteiger partial charge in [0.05, 0.1) is 31.9 Å². The van der Waals surface area contributed by atoms with Gasteiger partial charge in [0.25, 0.3) is 0 Å². The van der Waals surface area contributed by atoms with Crippen LogP contribution in [-0.2, 0) is 4.84 Å². The molecule has 0 atom stereocenters. The molecule has 0 aliphatic rings. The van der Waals surface area contributed by atoms with Gasteiger partial charge in [-0.3, -0.25) is 0 Å². The highest BCUT2D eigenvalue weighted by atomic mass is 35.5. The molecule has 2 N–H and O–H groups in total. The summed E-state index contributed by atoms with van der Waals surface area (Å²) in [5, 5.41) is 4.03. The minimum atomic E-state index is -0.741. The molecule has 2 aromatic rings. The zero-order chi connectivity index (χ0) is 18.4. The number of halogens is 1. The van der Waals surface area contributed by atoms with Crippen LogP contribution < -0.4 is 19.9 Å². The van der Waals surface area contributed by atoms with E-state index in [1.165, 1.54) is 33.5 Å². The van der Waals surface area contributed by atoms with Gasteiger partial charge >= 0.3 is 5.97 Å². The number of rotatable bonds is 6. The van der Waals surface area contributed by atoms with Crippen LogP contribution in [0.25, 0.3) is 0 Å². The van der Waals surface area contributed by atoms with Gasteiger partial charge in [0.1, 0.15) is 0 Å². The number of nitrogens with two attached hydrogens (primary N) is 1. The number of carbonyl (C=O) groups excluding carboxylic acids is 1. The minimum Gasteiger partial charge on any atom is -0.493 e. The van der Waals surface area contributed by atoms with Gasteiger partial charge in [-0.05, 0) is 24.3 Å². The van der Waals surface area contributed by atoms with E-state index in [0.29, 0.717) is 27.8 Å². The summed E-state index contributed by atoms with van der Waals surface area (Å²) in [6.07, 6.45) is 0. The molecule has 0 fully saturated rings. The minimum absolute atomic E-state index is 0.0219. The van der Waals surface area contributed by atoms with Crippen molar-refractivity contribution < 1.29 is 23.8 Å². The third-order valence-electron chi connectivity index (χ3n) is 3.28. The summed E-state index contributed by atoms with van der Waals surface area (Å²) in [5.41, 5.74) is 6.42. The van der Waals surface area contributed by atoms with E-state index in [9.17, 15) is 4.79 Å². The molecule has 0 bridgehead atoms. The van der Waals surface area contributed by atoms with Crippen LogP contribution in [0.15, 0.2) is 41.6 Å². The Bertz CT molecular complexity index is 782. The van der Waals surface area contributed by atoms with Crippen molar-refractivity contribution in [3.05, 3.63) is 52.5 Å². The van der Waals surface area contributed by atoms with Crippen LogP contribution in [0.5, 0.6) is 17.2 Å². The fourth-order valence-electron chi connectivity index (χ4n) is 2.06. The van der Waals surface area contributed by atoms with Crippen molar-refractivity contribution in [1.29, 1.82) is 0 Å². The van der Waals surface area contributed by atoms with E-state index in [4.69, 9.17) is 36.4 Å². The van der Waals surface area contributed by atoms with Crippen molar-refractivity contribution in [3.63, 3.8) is 0 Å². The van der Waals surface area contributed by atoms with Crippen LogP contribution in [0, 0.1) is 0 Å². The van der Waals surface area contributed by atoms with Crippen LogP contribution >= 0.6 is 11.6 Å². The van der Waals surface area contributed by atoms with Gasteiger partial charge in [-0.2, -0.15) is 0 Å². The number of benzene rings is 2. The largest absolute Gasteiger partial charge is 0.493 e. The highest BCUT2D eigenvalue weighted by Gasteiger charge is 2.18. The van der Waals surface area contributed by atoms with Crippen LogP contribution in [0.2, 0.25) is 5.02 Å². The Labute approximate surface area is 149 Å². The molecule has 25 heavy (non-hydrogen) atoms. The smallest absolute Gasteiger partial charge is 0.366 e. The molecular formula is C17H17ClN2O5. The highest BCUT2D eigenvalue weighted by molar-refractivity contribution is 6.34. The van der Waals surface area contributed by atoms with Crippen molar-refractivity contribution in [3.8, 4) is 17.2 Å². The predicted molar refractivity (Wildman–Crippen MR) is 93.7 cm³/mol. The molecule has 0 spiro atoms. The standard InChI is InChI=1S/C17H17ClN2O5/c1-22-13-8-10(9-14(23-2)15(13)24-3)17(21)25-20-16(19)11-6-4-5-7-12(11)18/h4-9H,1-3H3,(H2,19,20). The van der Waals surface area contributed by atoms with E-state index >= 15 is 0 Å². The SMILES string of the molecule is COc1cc(C(=O)O/N=C(/N)c2ccccc2Cl)cc(OC)c1OC. The molecule has 7 nitrogen and oxygen atoms in total. The van der Waals surface area contributed by atoms with Gasteiger partial charge in [-0.15, -0.1) is 0 Å². The first-order valence-electron chi connectivity index (χ1n) is 7.11. The number of amidine groups is 1. The molecule has 0 saturated heterocycles. The Morgan fingerprint density at radius 2 is 1.64 bits per heavy atom. The maximum atomic E-state index is 12.2. The Balaban J connectivity index is 2.26. The van der Waals surface area contributed by atoms with Gasteiger partial charge in [-0.1, -0.05) is 28.9 Å². The van der Waals surface area contributed by atoms with Crippen molar-refractivity contribution in [2.45, 2.75) is 0 Å². The van der Waals surface area contributed by atoms with Crippen molar-refractivity contribution in [2.75, 3.05) is 21.3 Å². The molecule has 8 heteroatoms. The Morgan fingerprint density at radius 3 is 2.16 bits per heavy atom. The van der Waals surface area contributed by atoms with E-state index in [1.54, 1.807) is 24.3 Å². The summed E-state index contributed by atoms with van der Waals surface area (Å²) in [5.74, 6) is 0.231. The fourth-order valence-corrected chi connectivity index (χ4v) is 2.29. The Kier molecular flexibility index (Phi) is 6.08. The molecule has 0 aliphatic heterocycles. The molecule has 132 valence electrons. The van der Waals surface area contributed by atoms with Gasteiger partial charge in [0.2, 0.25) is 5.75 Å². The number of hydrogen-bond acceptors (Lipinski definition) is 6. The van der Waals surface area contributed by atoms with E-state index in [1.807, 2.05) is 0 Å². The summed E-state index contributed by atoms with van der Waals surface area (Å²) in [6.45, 7) is 0. The first kappa shape index (κ1) is 18.4. The maximum absolute atomic E-state index is 12.2.